The molecule has 7 heteroatoms. The van der Waals surface area contributed by atoms with Gasteiger partial charge in [0, 0.05) is 13.1 Å². The third-order valence-electron chi connectivity index (χ3n) is 5.77. The summed E-state index contributed by atoms with van der Waals surface area (Å²) in [5.74, 6) is -0.0152. The van der Waals surface area contributed by atoms with Crippen molar-refractivity contribution in [2.24, 2.45) is 11.8 Å². The van der Waals surface area contributed by atoms with Gasteiger partial charge in [0.05, 0.1) is 23.4 Å². The highest BCUT2D eigenvalue weighted by molar-refractivity contribution is 6.45. The van der Waals surface area contributed by atoms with Gasteiger partial charge in [-0.05, 0) is 54.2 Å². The highest BCUT2D eigenvalue weighted by Gasteiger charge is 2.43. The predicted molar refractivity (Wildman–Crippen MR) is 118 cm³/mol. The average molecular weight is 443 g/mol. The lowest BCUT2D eigenvalue weighted by atomic mass is 9.91. The number of ether oxygens (including phenoxy) is 1. The summed E-state index contributed by atoms with van der Waals surface area (Å²) in [7, 11) is 1.50. The number of amides is 2. The number of piperidine rings is 1. The van der Waals surface area contributed by atoms with Crippen molar-refractivity contribution in [3.05, 3.63) is 64.6 Å². The summed E-state index contributed by atoms with van der Waals surface area (Å²) in [6.07, 6.45) is 1.07. The molecular formula is C24H24ClFN2O3. The largest absolute Gasteiger partial charge is 0.495 e. The van der Waals surface area contributed by atoms with Gasteiger partial charge in [-0.1, -0.05) is 37.6 Å². The first-order chi connectivity index (χ1) is 14.8. The lowest BCUT2D eigenvalue weighted by Crippen LogP contribution is -2.42. The zero-order valence-electron chi connectivity index (χ0n) is 17.7. The molecule has 162 valence electrons. The molecular weight excluding hydrogens is 419 g/mol. The smallest absolute Gasteiger partial charge is 0.282 e. The van der Waals surface area contributed by atoms with Crippen LogP contribution in [0.2, 0.25) is 5.02 Å². The van der Waals surface area contributed by atoms with Gasteiger partial charge in [0.1, 0.15) is 17.3 Å². The molecule has 0 spiro atoms. The quantitative estimate of drug-likeness (QED) is 0.641. The number of hydrogen-bond acceptors (Lipinski definition) is 4. The predicted octanol–water partition coefficient (Wildman–Crippen LogP) is 4.75. The molecule has 2 heterocycles. The van der Waals surface area contributed by atoms with Crippen molar-refractivity contribution < 1.29 is 18.7 Å². The maximum Gasteiger partial charge on any atom is 0.282 e. The van der Waals surface area contributed by atoms with Crippen LogP contribution < -0.4 is 9.64 Å². The molecule has 0 aliphatic carbocycles. The first-order valence-corrected chi connectivity index (χ1v) is 10.7. The van der Waals surface area contributed by atoms with Gasteiger partial charge >= 0.3 is 0 Å². The van der Waals surface area contributed by atoms with Crippen molar-refractivity contribution in [3.63, 3.8) is 0 Å². The number of imide groups is 1. The Balaban J connectivity index is 1.82. The van der Waals surface area contributed by atoms with E-state index >= 15 is 0 Å². The van der Waals surface area contributed by atoms with Gasteiger partial charge in [0.15, 0.2) is 0 Å². The Hall–Kier alpha value is -2.86. The molecule has 2 aromatic rings. The van der Waals surface area contributed by atoms with Crippen LogP contribution in [0, 0.1) is 17.7 Å². The molecule has 2 aliphatic heterocycles. The van der Waals surface area contributed by atoms with E-state index in [9.17, 15) is 14.0 Å². The number of benzene rings is 2. The zero-order chi connectivity index (χ0) is 22.3. The van der Waals surface area contributed by atoms with Crippen LogP contribution in [0.1, 0.15) is 25.8 Å². The third kappa shape index (κ3) is 3.92. The second-order valence-corrected chi connectivity index (χ2v) is 8.75. The molecule has 1 saturated heterocycles. The highest BCUT2D eigenvalue weighted by Crippen LogP contribution is 2.39. The number of rotatable bonds is 4. The maximum atomic E-state index is 13.6. The van der Waals surface area contributed by atoms with E-state index in [4.69, 9.17) is 16.3 Å². The molecule has 2 aromatic carbocycles. The molecule has 2 atom stereocenters. The molecule has 0 radical (unpaired) electrons. The fourth-order valence-corrected chi connectivity index (χ4v) is 4.81. The van der Waals surface area contributed by atoms with Crippen LogP contribution in [0.3, 0.4) is 0 Å². The minimum absolute atomic E-state index is 0.290. The van der Waals surface area contributed by atoms with Crippen molar-refractivity contribution in [1.82, 2.24) is 4.90 Å². The molecule has 1 fully saturated rings. The Morgan fingerprint density at radius 1 is 1.00 bits per heavy atom. The van der Waals surface area contributed by atoms with Crippen LogP contribution in [-0.2, 0) is 9.59 Å². The molecule has 2 unspecified atom stereocenters. The Morgan fingerprint density at radius 3 is 2.23 bits per heavy atom. The van der Waals surface area contributed by atoms with Crippen LogP contribution in [0.25, 0.3) is 5.57 Å². The van der Waals surface area contributed by atoms with E-state index in [1.165, 1.54) is 31.4 Å². The molecule has 2 aliphatic rings. The molecule has 31 heavy (non-hydrogen) atoms. The van der Waals surface area contributed by atoms with Gasteiger partial charge < -0.3 is 9.64 Å². The lowest BCUT2D eigenvalue weighted by Gasteiger charge is -2.37. The Labute approximate surface area is 186 Å². The van der Waals surface area contributed by atoms with Gasteiger partial charge in [0.2, 0.25) is 0 Å². The first kappa shape index (κ1) is 21.4. The van der Waals surface area contributed by atoms with E-state index in [1.807, 2.05) is 4.90 Å². The van der Waals surface area contributed by atoms with E-state index in [0.29, 0.717) is 58.2 Å². The number of anilines is 1. The second kappa shape index (κ2) is 8.35. The van der Waals surface area contributed by atoms with Crippen molar-refractivity contribution in [3.8, 4) is 5.75 Å². The van der Waals surface area contributed by atoms with E-state index in [-0.39, 0.29) is 0 Å². The molecule has 0 N–H and O–H groups in total. The van der Waals surface area contributed by atoms with Gasteiger partial charge in [0.25, 0.3) is 11.8 Å². The number of likely N-dealkylation sites (tertiary alicyclic amines) is 1. The number of carbonyl (C=O) groups excluding carboxylic acids is 2. The summed E-state index contributed by atoms with van der Waals surface area (Å²) in [6, 6.07) is 10.5. The Morgan fingerprint density at radius 2 is 1.65 bits per heavy atom. The normalized spacial score (nSPS) is 21.8. The van der Waals surface area contributed by atoms with Gasteiger partial charge in [-0.15, -0.1) is 0 Å². The minimum Gasteiger partial charge on any atom is -0.495 e. The summed E-state index contributed by atoms with van der Waals surface area (Å²) in [5, 5.41) is 0.303. The number of nitrogens with zero attached hydrogens (tertiary/aromatic N) is 2. The van der Waals surface area contributed by atoms with E-state index in [1.54, 1.807) is 18.2 Å². The molecule has 5 nitrogen and oxygen atoms in total. The van der Waals surface area contributed by atoms with Crippen molar-refractivity contribution in [2.75, 3.05) is 25.1 Å². The summed E-state index contributed by atoms with van der Waals surface area (Å²) in [6.45, 7) is 5.65. The van der Waals surface area contributed by atoms with Crippen LogP contribution >= 0.6 is 11.6 Å². The van der Waals surface area contributed by atoms with E-state index in [2.05, 4.69) is 13.8 Å². The number of carbonyl (C=O) groups is 2. The molecule has 0 bridgehead atoms. The Kier molecular flexibility index (Phi) is 5.75. The average Bonchev–Trinajstić information content (AvgIpc) is 2.98. The molecule has 0 aromatic heterocycles. The van der Waals surface area contributed by atoms with Gasteiger partial charge in [-0.2, -0.15) is 0 Å². The summed E-state index contributed by atoms with van der Waals surface area (Å²) < 4.78 is 18.7. The SMILES string of the molecule is COc1ccc(N2C(=O)C(c3ccc(F)cc3)=C(N3CC(C)CC(C)C3)C2=O)cc1Cl. The second-order valence-electron chi connectivity index (χ2n) is 8.35. The monoisotopic (exact) mass is 442 g/mol. The van der Waals surface area contributed by atoms with E-state index in [0.717, 1.165) is 11.3 Å². The van der Waals surface area contributed by atoms with Crippen LogP contribution in [0.5, 0.6) is 5.75 Å². The van der Waals surface area contributed by atoms with Crippen molar-refractivity contribution in [1.29, 1.82) is 0 Å². The zero-order valence-corrected chi connectivity index (χ0v) is 18.4. The third-order valence-corrected chi connectivity index (χ3v) is 6.07. The molecule has 2 amide bonds. The number of methoxy groups -OCH3 is 1. The van der Waals surface area contributed by atoms with Crippen LogP contribution in [0.15, 0.2) is 48.2 Å². The first-order valence-electron chi connectivity index (χ1n) is 10.3. The fraction of sp³-hybridized carbons (Fsp3) is 0.333. The van der Waals surface area contributed by atoms with E-state index < -0.39 is 17.6 Å². The van der Waals surface area contributed by atoms with Crippen molar-refractivity contribution in [2.45, 2.75) is 20.3 Å². The number of halogens is 2. The van der Waals surface area contributed by atoms with Crippen LogP contribution in [0.4, 0.5) is 10.1 Å². The summed E-state index contributed by atoms with van der Waals surface area (Å²) in [4.78, 5) is 30.3. The van der Waals surface area contributed by atoms with Crippen LogP contribution in [-0.4, -0.2) is 36.9 Å². The Bertz CT molecular complexity index is 1060. The lowest BCUT2D eigenvalue weighted by molar-refractivity contribution is -0.120. The molecule has 4 rings (SSSR count). The summed E-state index contributed by atoms with van der Waals surface area (Å²) in [5.41, 5.74) is 1.54. The standard InChI is InChI=1S/C24H24ClFN2O3/c1-14-10-15(2)13-27(12-14)22-21(16-4-6-17(26)7-5-16)23(29)28(24(22)30)18-8-9-20(31-3)19(25)11-18/h4-9,11,14-15H,10,12-13H2,1-3H3. The van der Waals surface area contributed by atoms with Gasteiger partial charge in [-0.3, -0.25) is 9.59 Å². The minimum atomic E-state index is -0.446. The molecule has 0 saturated carbocycles. The highest BCUT2D eigenvalue weighted by atomic mass is 35.5. The topological polar surface area (TPSA) is 49.9 Å². The maximum absolute atomic E-state index is 13.6. The van der Waals surface area contributed by atoms with Crippen molar-refractivity contribution >= 4 is 34.7 Å². The van der Waals surface area contributed by atoms with Gasteiger partial charge in [-0.25, -0.2) is 9.29 Å². The number of hydrogen-bond donors (Lipinski definition) is 0. The fourth-order valence-electron chi connectivity index (χ4n) is 4.56. The summed E-state index contributed by atoms with van der Waals surface area (Å²) >= 11 is 6.26.